The Hall–Kier alpha value is -3.04. The first-order valence-electron chi connectivity index (χ1n) is 8.95. The molecule has 1 aromatic heterocycles. The molecule has 2 aromatic carbocycles. The normalized spacial score (nSPS) is 10.5. The second-order valence-corrected chi connectivity index (χ2v) is 7.59. The molecule has 0 saturated carbocycles. The molecule has 3 rings (SSSR count). The maximum absolute atomic E-state index is 12.2. The zero-order chi connectivity index (χ0) is 21.5. The molecule has 0 aliphatic rings. The summed E-state index contributed by atoms with van der Waals surface area (Å²) in [4.78, 5) is 24.4. The topological polar surface area (TPSA) is 98.1 Å². The van der Waals surface area contributed by atoms with E-state index in [9.17, 15) is 9.59 Å². The molecule has 2 amide bonds. The maximum Gasteiger partial charge on any atom is 0.251 e. The van der Waals surface area contributed by atoms with Crippen LogP contribution in [0.5, 0.6) is 5.75 Å². The molecular weight excluding hydrogens is 426 g/mol. The number of thioether (sulfide) groups is 1. The van der Waals surface area contributed by atoms with Crippen molar-refractivity contribution in [1.29, 1.82) is 0 Å². The molecule has 0 bridgehead atoms. The molecule has 0 fully saturated rings. The molecule has 0 saturated heterocycles. The summed E-state index contributed by atoms with van der Waals surface area (Å²) in [6.07, 6.45) is 0. The van der Waals surface area contributed by atoms with Crippen LogP contribution >= 0.6 is 23.4 Å². The first-order valence-corrected chi connectivity index (χ1v) is 10.3. The monoisotopic (exact) mass is 445 g/mol. The van der Waals surface area contributed by atoms with E-state index >= 15 is 0 Å². The number of halogens is 1. The molecule has 30 heavy (non-hydrogen) atoms. The number of nitrogens with zero attached hydrogens (tertiary/aromatic N) is 3. The van der Waals surface area contributed by atoms with Crippen molar-refractivity contribution in [3.8, 4) is 5.75 Å². The second-order valence-electron chi connectivity index (χ2n) is 6.21. The number of ether oxygens (including phenoxy) is 1. The van der Waals surface area contributed by atoms with Crippen LogP contribution in [0.2, 0.25) is 5.02 Å². The van der Waals surface area contributed by atoms with Crippen molar-refractivity contribution in [2.75, 3.05) is 18.2 Å². The molecule has 156 valence electrons. The molecule has 0 aliphatic carbocycles. The average molecular weight is 446 g/mol. The molecule has 0 radical (unpaired) electrons. The van der Waals surface area contributed by atoms with Gasteiger partial charge in [-0.1, -0.05) is 23.4 Å². The molecule has 3 aromatic rings. The van der Waals surface area contributed by atoms with Crippen molar-refractivity contribution in [3.05, 3.63) is 64.9 Å². The SMILES string of the molecule is COc1ccc(NC(=O)CSc2nnc(CNC(=O)c3ccc(Cl)cc3)n2C)cc1. The van der Waals surface area contributed by atoms with E-state index in [4.69, 9.17) is 16.3 Å². The van der Waals surface area contributed by atoms with Crippen LogP contribution in [0.25, 0.3) is 0 Å². The van der Waals surface area contributed by atoms with Crippen molar-refractivity contribution in [2.24, 2.45) is 7.05 Å². The molecule has 10 heteroatoms. The summed E-state index contributed by atoms with van der Waals surface area (Å²) in [5.41, 5.74) is 1.19. The van der Waals surface area contributed by atoms with E-state index in [1.807, 2.05) is 0 Å². The molecule has 0 unspecified atom stereocenters. The molecular formula is C20H20ClN5O3S. The van der Waals surface area contributed by atoms with Gasteiger partial charge in [-0.05, 0) is 48.5 Å². The summed E-state index contributed by atoms with van der Waals surface area (Å²) in [7, 11) is 3.37. The van der Waals surface area contributed by atoms with Crippen LogP contribution in [-0.2, 0) is 18.4 Å². The van der Waals surface area contributed by atoms with Gasteiger partial charge >= 0.3 is 0 Å². The smallest absolute Gasteiger partial charge is 0.251 e. The number of hydrogen-bond donors (Lipinski definition) is 2. The Bertz CT molecular complexity index is 1020. The van der Waals surface area contributed by atoms with Crippen LogP contribution in [0.3, 0.4) is 0 Å². The predicted octanol–water partition coefficient (Wildman–Crippen LogP) is 3.14. The number of aromatic nitrogens is 3. The number of nitrogens with one attached hydrogen (secondary N) is 2. The van der Waals surface area contributed by atoms with Crippen LogP contribution in [0.1, 0.15) is 16.2 Å². The van der Waals surface area contributed by atoms with E-state index in [0.29, 0.717) is 27.3 Å². The maximum atomic E-state index is 12.2. The summed E-state index contributed by atoms with van der Waals surface area (Å²) >= 11 is 7.09. The minimum Gasteiger partial charge on any atom is -0.497 e. The number of hydrogen-bond acceptors (Lipinski definition) is 6. The van der Waals surface area contributed by atoms with Gasteiger partial charge in [0.25, 0.3) is 5.91 Å². The summed E-state index contributed by atoms with van der Waals surface area (Å²) < 4.78 is 6.84. The van der Waals surface area contributed by atoms with E-state index in [1.165, 1.54) is 11.8 Å². The first kappa shape index (κ1) is 21.7. The Labute approximate surface area is 183 Å². The van der Waals surface area contributed by atoms with E-state index in [2.05, 4.69) is 20.8 Å². The predicted molar refractivity (Wildman–Crippen MR) is 116 cm³/mol. The standard InChI is InChI=1S/C20H20ClN5O3S/c1-26-17(11-22-19(28)13-3-5-14(21)6-4-13)24-25-20(26)30-12-18(27)23-15-7-9-16(29-2)10-8-15/h3-10H,11-12H2,1-2H3,(H,22,28)(H,23,27). The Morgan fingerprint density at radius 2 is 1.80 bits per heavy atom. The fraction of sp³-hybridized carbons (Fsp3) is 0.200. The Morgan fingerprint density at radius 3 is 2.47 bits per heavy atom. The first-order chi connectivity index (χ1) is 14.5. The molecule has 1 heterocycles. The van der Waals surface area contributed by atoms with Gasteiger partial charge in [-0.15, -0.1) is 10.2 Å². The zero-order valence-electron chi connectivity index (χ0n) is 16.4. The summed E-state index contributed by atoms with van der Waals surface area (Å²) in [5.74, 6) is 1.08. The number of rotatable bonds is 8. The quantitative estimate of drug-likeness (QED) is 0.517. The van der Waals surface area contributed by atoms with Crippen LogP contribution in [0.15, 0.2) is 53.7 Å². The van der Waals surface area contributed by atoms with Crippen molar-refractivity contribution >= 4 is 40.9 Å². The lowest BCUT2D eigenvalue weighted by Gasteiger charge is -2.07. The van der Waals surface area contributed by atoms with Crippen LogP contribution in [-0.4, -0.2) is 39.4 Å². The van der Waals surface area contributed by atoms with E-state index in [1.54, 1.807) is 67.3 Å². The highest BCUT2D eigenvalue weighted by atomic mass is 35.5. The van der Waals surface area contributed by atoms with Crippen molar-refractivity contribution in [2.45, 2.75) is 11.7 Å². The number of benzene rings is 2. The van der Waals surface area contributed by atoms with Gasteiger partial charge in [0.15, 0.2) is 11.0 Å². The second kappa shape index (κ2) is 10.1. The van der Waals surface area contributed by atoms with Gasteiger partial charge in [0.2, 0.25) is 5.91 Å². The molecule has 0 atom stereocenters. The number of carbonyl (C=O) groups is 2. The number of amides is 2. The molecule has 2 N–H and O–H groups in total. The van der Waals surface area contributed by atoms with Crippen LogP contribution < -0.4 is 15.4 Å². The third-order valence-electron chi connectivity index (χ3n) is 4.14. The fourth-order valence-corrected chi connectivity index (χ4v) is 3.34. The molecule has 0 aliphatic heterocycles. The summed E-state index contributed by atoms with van der Waals surface area (Å²) in [5, 5.41) is 14.9. The van der Waals surface area contributed by atoms with Crippen molar-refractivity contribution in [3.63, 3.8) is 0 Å². The van der Waals surface area contributed by atoms with Gasteiger partial charge in [0.1, 0.15) is 5.75 Å². The van der Waals surface area contributed by atoms with Gasteiger partial charge in [0, 0.05) is 23.3 Å². The number of carbonyl (C=O) groups excluding carboxylic acids is 2. The molecule has 8 nitrogen and oxygen atoms in total. The van der Waals surface area contributed by atoms with Gasteiger partial charge in [-0.25, -0.2) is 0 Å². The lowest BCUT2D eigenvalue weighted by atomic mass is 10.2. The minimum absolute atomic E-state index is 0.161. The average Bonchev–Trinajstić information content (AvgIpc) is 3.11. The van der Waals surface area contributed by atoms with E-state index < -0.39 is 0 Å². The summed E-state index contributed by atoms with van der Waals surface area (Å²) in [6, 6.07) is 13.7. The lowest BCUT2D eigenvalue weighted by molar-refractivity contribution is -0.113. The van der Waals surface area contributed by atoms with Crippen molar-refractivity contribution < 1.29 is 14.3 Å². The van der Waals surface area contributed by atoms with Gasteiger partial charge in [0.05, 0.1) is 19.4 Å². The van der Waals surface area contributed by atoms with Crippen LogP contribution in [0, 0.1) is 0 Å². The summed E-state index contributed by atoms with van der Waals surface area (Å²) in [6.45, 7) is 0.212. The minimum atomic E-state index is -0.234. The Kier molecular flexibility index (Phi) is 7.31. The number of methoxy groups -OCH3 is 1. The van der Waals surface area contributed by atoms with E-state index in [0.717, 1.165) is 5.75 Å². The highest BCUT2D eigenvalue weighted by Gasteiger charge is 2.13. The van der Waals surface area contributed by atoms with Crippen LogP contribution in [0.4, 0.5) is 5.69 Å². The highest BCUT2D eigenvalue weighted by molar-refractivity contribution is 7.99. The fourth-order valence-electron chi connectivity index (χ4n) is 2.49. The number of anilines is 1. The largest absolute Gasteiger partial charge is 0.497 e. The highest BCUT2D eigenvalue weighted by Crippen LogP contribution is 2.18. The van der Waals surface area contributed by atoms with Gasteiger partial charge < -0.3 is 19.9 Å². The van der Waals surface area contributed by atoms with Gasteiger partial charge in [-0.3, -0.25) is 9.59 Å². The Morgan fingerprint density at radius 1 is 1.10 bits per heavy atom. The lowest BCUT2D eigenvalue weighted by Crippen LogP contribution is -2.24. The van der Waals surface area contributed by atoms with Crippen molar-refractivity contribution in [1.82, 2.24) is 20.1 Å². The Balaban J connectivity index is 1.50. The van der Waals surface area contributed by atoms with Gasteiger partial charge in [-0.2, -0.15) is 0 Å². The third kappa shape index (κ3) is 5.74. The molecule has 0 spiro atoms. The zero-order valence-corrected chi connectivity index (χ0v) is 18.0. The van der Waals surface area contributed by atoms with E-state index in [-0.39, 0.29) is 24.1 Å². The third-order valence-corrected chi connectivity index (χ3v) is 5.42.